The zero-order valence-corrected chi connectivity index (χ0v) is 32.3. The van der Waals surface area contributed by atoms with Crippen LogP contribution < -0.4 is 0 Å². The summed E-state index contributed by atoms with van der Waals surface area (Å²) in [6.45, 7) is 13.1. The van der Waals surface area contributed by atoms with Crippen LogP contribution in [0.4, 0.5) is 0 Å². The van der Waals surface area contributed by atoms with E-state index in [1.807, 2.05) is 33.0 Å². The third-order valence-corrected chi connectivity index (χ3v) is 10.8. The van der Waals surface area contributed by atoms with E-state index in [-0.39, 0.29) is 23.7 Å². The number of carboxylic acid groups (broad SMARTS) is 1. The van der Waals surface area contributed by atoms with Crippen molar-refractivity contribution >= 4 is 33.7 Å². The molecule has 4 aliphatic rings. The molecule has 3 heterocycles. The quantitative estimate of drug-likeness (QED) is 0.249. The smallest absolute Gasteiger partial charge is 0.308 e. The van der Waals surface area contributed by atoms with Gasteiger partial charge in [-0.1, -0.05) is 85.2 Å². The number of carbonyl (C=O) groups is 3. The Labute approximate surface area is 303 Å². The number of nitrogens with zero attached hydrogens (tertiary/aromatic N) is 3. The number of fused-ring (bicyclic) bond motifs is 3. The van der Waals surface area contributed by atoms with E-state index in [1.165, 1.54) is 48.2 Å². The molecule has 0 saturated carbocycles. The van der Waals surface area contributed by atoms with Gasteiger partial charge in [-0.15, -0.1) is 0 Å². The number of alkyl halides is 1. The first-order valence-electron chi connectivity index (χ1n) is 18.1. The van der Waals surface area contributed by atoms with Gasteiger partial charge in [-0.25, -0.2) is 0 Å². The van der Waals surface area contributed by atoms with Crippen molar-refractivity contribution in [3.63, 3.8) is 0 Å². The maximum absolute atomic E-state index is 11.7. The predicted octanol–water partition coefficient (Wildman–Crippen LogP) is 7.05. The summed E-state index contributed by atoms with van der Waals surface area (Å²) in [5, 5.41) is 9.14. The summed E-state index contributed by atoms with van der Waals surface area (Å²) in [6.07, 6.45) is 6.51. The monoisotopic (exact) mass is 741 g/mol. The minimum atomic E-state index is -0.631. The molecule has 0 spiro atoms. The second-order valence-electron chi connectivity index (χ2n) is 14.6. The minimum Gasteiger partial charge on any atom is -0.481 e. The largest absolute Gasteiger partial charge is 0.481 e. The number of carboxylic acids is 1. The van der Waals surface area contributed by atoms with E-state index in [9.17, 15) is 14.4 Å². The SMILES string of the molecule is CC(C)C(=O)OCC1c2ccccc2-c2ccccc21.CC1CCN(C)CC1.CN1CCC(C(=O)CBr)CC1.CN1CCC(C(=O)O)CC1. The van der Waals surface area contributed by atoms with Crippen molar-refractivity contribution in [3.8, 4) is 11.1 Å². The topological polar surface area (TPSA) is 90.4 Å². The van der Waals surface area contributed by atoms with Crippen molar-refractivity contribution in [2.75, 3.05) is 72.3 Å². The van der Waals surface area contributed by atoms with Crippen LogP contribution in [-0.2, 0) is 19.1 Å². The lowest BCUT2D eigenvalue weighted by Gasteiger charge is -2.27. The fourth-order valence-electron chi connectivity index (χ4n) is 6.60. The molecule has 0 bridgehead atoms. The van der Waals surface area contributed by atoms with E-state index in [0.29, 0.717) is 23.6 Å². The molecular formula is C40H60BrN3O5. The maximum Gasteiger partial charge on any atom is 0.308 e. The normalized spacial score (nSPS) is 19.3. The third kappa shape index (κ3) is 13.2. The van der Waals surface area contributed by atoms with E-state index in [2.05, 4.69) is 88.0 Å². The number of benzene rings is 2. The Hall–Kier alpha value is -2.59. The number of ketones is 1. The third-order valence-electron chi connectivity index (χ3n) is 10.2. The Bertz CT molecular complexity index is 1260. The predicted molar refractivity (Wildman–Crippen MR) is 202 cm³/mol. The molecule has 1 aliphatic carbocycles. The Balaban J connectivity index is 0.000000191. The van der Waals surface area contributed by atoms with Gasteiger partial charge in [0, 0.05) is 11.8 Å². The van der Waals surface area contributed by atoms with Gasteiger partial charge in [0.15, 0.2) is 0 Å². The van der Waals surface area contributed by atoms with Crippen LogP contribution in [0.3, 0.4) is 0 Å². The van der Waals surface area contributed by atoms with Gasteiger partial charge >= 0.3 is 11.9 Å². The van der Waals surface area contributed by atoms with Crippen molar-refractivity contribution in [3.05, 3.63) is 59.7 Å². The second kappa shape index (κ2) is 20.9. The lowest BCUT2D eigenvalue weighted by molar-refractivity contribution is -0.147. The lowest BCUT2D eigenvalue weighted by Crippen LogP contribution is -2.33. The average Bonchev–Trinajstić information content (AvgIpc) is 3.43. The molecule has 9 heteroatoms. The number of ether oxygens (including phenoxy) is 1. The first-order valence-corrected chi connectivity index (χ1v) is 19.2. The van der Waals surface area contributed by atoms with Crippen LogP contribution in [0.2, 0.25) is 0 Å². The molecule has 0 aromatic heterocycles. The molecule has 49 heavy (non-hydrogen) atoms. The Morgan fingerprint density at radius 3 is 1.53 bits per heavy atom. The summed E-state index contributed by atoms with van der Waals surface area (Å²) in [4.78, 5) is 40.2. The van der Waals surface area contributed by atoms with Gasteiger partial charge in [0.05, 0.1) is 17.2 Å². The van der Waals surface area contributed by atoms with Gasteiger partial charge in [0.1, 0.15) is 12.4 Å². The highest BCUT2D eigenvalue weighted by Gasteiger charge is 2.29. The van der Waals surface area contributed by atoms with Crippen molar-refractivity contribution in [2.45, 2.75) is 65.2 Å². The number of hydrogen-bond donors (Lipinski definition) is 1. The highest BCUT2D eigenvalue weighted by atomic mass is 79.9. The molecule has 2 aromatic rings. The van der Waals surface area contributed by atoms with Crippen molar-refractivity contribution < 1.29 is 24.2 Å². The molecule has 8 nitrogen and oxygen atoms in total. The van der Waals surface area contributed by atoms with Gasteiger partial charge in [0.25, 0.3) is 0 Å². The fraction of sp³-hybridized carbons (Fsp3) is 0.625. The second-order valence-corrected chi connectivity index (χ2v) is 15.2. The van der Waals surface area contributed by atoms with Crippen LogP contribution in [0.25, 0.3) is 11.1 Å². The Kier molecular flexibility index (Phi) is 17.4. The molecule has 0 amide bonds. The highest BCUT2D eigenvalue weighted by Crippen LogP contribution is 2.44. The van der Waals surface area contributed by atoms with Crippen LogP contribution in [-0.4, -0.2) is 110 Å². The standard InChI is InChI=1S/C18H18O2.C8H14BrNO.C7H13NO2.C7H15N/c1-12(2)18(19)20-11-17-15-9-5-3-7-13(15)14-8-4-6-10-16(14)17;1-10-4-2-7(3-5-10)8(11)6-9;1-8-4-2-6(3-5-8)7(9)10;1-7-3-5-8(2)6-4-7/h3-10,12,17H,11H2,1-2H3;7H,2-6H2,1H3;6H,2-5H2,1H3,(H,9,10);7H,3-6H2,1-2H3. The van der Waals surface area contributed by atoms with E-state index in [1.54, 1.807) is 0 Å². The summed E-state index contributed by atoms with van der Waals surface area (Å²) < 4.78 is 5.46. The lowest BCUT2D eigenvalue weighted by atomic mass is 9.94. The first-order chi connectivity index (χ1) is 23.4. The molecule has 6 rings (SSSR count). The van der Waals surface area contributed by atoms with Gasteiger partial charge < -0.3 is 24.5 Å². The van der Waals surface area contributed by atoms with Crippen LogP contribution in [0, 0.1) is 23.7 Å². The number of esters is 1. The zero-order valence-electron chi connectivity index (χ0n) is 30.7. The summed E-state index contributed by atoms with van der Waals surface area (Å²) in [7, 11) is 6.33. The molecule has 0 radical (unpaired) electrons. The van der Waals surface area contributed by atoms with Crippen LogP contribution >= 0.6 is 15.9 Å². The Morgan fingerprint density at radius 2 is 1.14 bits per heavy atom. The molecule has 0 unspecified atom stereocenters. The number of likely N-dealkylation sites (tertiary alicyclic amines) is 3. The van der Waals surface area contributed by atoms with Crippen LogP contribution in [0.5, 0.6) is 0 Å². The minimum absolute atomic E-state index is 0.0816. The highest BCUT2D eigenvalue weighted by molar-refractivity contribution is 9.09. The molecule has 0 atom stereocenters. The number of halogens is 1. The molecule has 1 N–H and O–H groups in total. The number of Topliss-reactive ketones (excluding diaryl/α,β-unsaturated/α-hetero) is 1. The molecular weight excluding hydrogens is 682 g/mol. The summed E-state index contributed by atoms with van der Waals surface area (Å²) in [5.41, 5.74) is 5.03. The van der Waals surface area contributed by atoms with E-state index < -0.39 is 5.97 Å². The summed E-state index contributed by atoms with van der Waals surface area (Å²) in [5.74, 6) is 0.901. The van der Waals surface area contributed by atoms with Crippen molar-refractivity contribution in [2.24, 2.45) is 23.7 Å². The summed E-state index contributed by atoms with van der Waals surface area (Å²) >= 11 is 3.20. The van der Waals surface area contributed by atoms with E-state index >= 15 is 0 Å². The molecule has 3 fully saturated rings. The summed E-state index contributed by atoms with van der Waals surface area (Å²) in [6, 6.07) is 16.7. The average molecular weight is 743 g/mol. The molecule has 3 saturated heterocycles. The first kappa shape index (κ1) is 40.8. The van der Waals surface area contributed by atoms with Crippen molar-refractivity contribution in [1.82, 2.24) is 14.7 Å². The zero-order chi connectivity index (χ0) is 35.9. The van der Waals surface area contributed by atoms with Gasteiger partial charge in [-0.3, -0.25) is 14.4 Å². The number of carbonyl (C=O) groups excluding carboxylic acids is 2. The fourth-order valence-corrected chi connectivity index (χ4v) is 7.06. The van der Waals surface area contributed by atoms with E-state index in [4.69, 9.17) is 9.84 Å². The molecule has 3 aliphatic heterocycles. The number of rotatable bonds is 6. The van der Waals surface area contributed by atoms with Crippen LogP contribution in [0.1, 0.15) is 76.3 Å². The number of hydrogen-bond acceptors (Lipinski definition) is 7. The van der Waals surface area contributed by atoms with Crippen molar-refractivity contribution in [1.29, 1.82) is 0 Å². The maximum atomic E-state index is 11.7. The molecule has 272 valence electrons. The Morgan fingerprint density at radius 1 is 0.735 bits per heavy atom. The number of piperidine rings is 3. The number of aliphatic carboxylic acids is 1. The molecule has 2 aromatic carbocycles. The van der Waals surface area contributed by atoms with E-state index in [0.717, 1.165) is 57.8 Å². The van der Waals surface area contributed by atoms with Gasteiger partial charge in [-0.2, -0.15) is 0 Å². The van der Waals surface area contributed by atoms with Crippen LogP contribution in [0.15, 0.2) is 48.5 Å². The van der Waals surface area contributed by atoms with Gasteiger partial charge in [0.2, 0.25) is 0 Å². The van der Waals surface area contributed by atoms with Gasteiger partial charge in [-0.05, 0) is 127 Å².